The molecule has 1 atom stereocenters. The molecule has 1 N–H and O–H groups in total. The van der Waals surface area contributed by atoms with Crippen molar-refractivity contribution in [3.8, 4) is 0 Å². The topological polar surface area (TPSA) is 28.2 Å². The fraction of sp³-hybridized carbons (Fsp3) is 0.286. The normalized spacial score (nSPS) is 17.0. The van der Waals surface area contributed by atoms with Crippen LogP contribution in [0.15, 0.2) is 54.6 Å². The first kappa shape index (κ1) is 19.2. The number of fused-ring (bicyclic) bond motifs is 1. The van der Waals surface area contributed by atoms with Crippen LogP contribution in [-0.4, -0.2) is 36.1 Å². The van der Waals surface area contributed by atoms with Gasteiger partial charge in [0.2, 0.25) is 0 Å². The van der Waals surface area contributed by atoms with E-state index in [1.807, 2.05) is 36.4 Å². The van der Waals surface area contributed by atoms with E-state index in [1.165, 1.54) is 6.07 Å². The van der Waals surface area contributed by atoms with E-state index >= 15 is 0 Å². The summed E-state index contributed by atoms with van der Waals surface area (Å²) in [5.74, 6) is 0. The van der Waals surface area contributed by atoms with Gasteiger partial charge in [0.05, 0.1) is 27.8 Å². The number of alkyl halides is 3. The van der Waals surface area contributed by atoms with Gasteiger partial charge >= 0.3 is 6.18 Å². The molecular weight excluding hydrogens is 387 g/mol. The average Bonchev–Trinajstić information content (AvgIpc) is 2.69. The van der Waals surface area contributed by atoms with Crippen LogP contribution in [0.25, 0.3) is 10.9 Å². The maximum Gasteiger partial charge on any atom is 0.417 e. The smallest absolute Gasteiger partial charge is 0.314 e. The number of aromatic nitrogens is 1. The monoisotopic (exact) mass is 405 g/mol. The Morgan fingerprint density at radius 2 is 1.75 bits per heavy atom. The number of halogens is 4. The second kappa shape index (κ2) is 7.70. The van der Waals surface area contributed by atoms with Gasteiger partial charge in [0.25, 0.3) is 0 Å². The van der Waals surface area contributed by atoms with Gasteiger partial charge in [-0.05, 0) is 29.8 Å². The van der Waals surface area contributed by atoms with Gasteiger partial charge in [0.15, 0.2) is 0 Å². The number of hydrogen-bond donors (Lipinski definition) is 1. The van der Waals surface area contributed by atoms with Crippen molar-refractivity contribution >= 4 is 22.5 Å². The van der Waals surface area contributed by atoms with Crippen molar-refractivity contribution in [2.75, 3.05) is 26.2 Å². The van der Waals surface area contributed by atoms with E-state index < -0.39 is 11.7 Å². The fourth-order valence-corrected chi connectivity index (χ4v) is 3.90. The fourth-order valence-electron chi connectivity index (χ4n) is 3.67. The molecule has 0 radical (unpaired) electrons. The van der Waals surface area contributed by atoms with Crippen molar-refractivity contribution in [1.82, 2.24) is 15.2 Å². The third-order valence-corrected chi connectivity index (χ3v) is 5.36. The van der Waals surface area contributed by atoms with E-state index in [4.69, 9.17) is 16.6 Å². The first-order chi connectivity index (χ1) is 13.4. The lowest BCUT2D eigenvalue weighted by Gasteiger charge is -2.35. The summed E-state index contributed by atoms with van der Waals surface area (Å²) in [6.45, 7) is 3.01. The summed E-state index contributed by atoms with van der Waals surface area (Å²) >= 11 is 5.84. The Bertz CT molecular complexity index is 984. The SMILES string of the molecule is FC(F)(F)c1cc(C(c2ccc3ccccc3n2)N2CCNCC2)ccc1Cl. The van der Waals surface area contributed by atoms with Crippen molar-refractivity contribution in [2.45, 2.75) is 12.2 Å². The Morgan fingerprint density at radius 1 is 1.00 bits per heavy atom. The van der Waals surface area contributed by atoms with Crippen LogP contribution in [0.1, 0.15) is 22.9 Å². The maximum absolute atomic E-state index is 13.4. The first-order valence-electron chi connectivity index (χ1n) is 9.10. The predicted octanol–water partition coefficient (Wildman–Crippen LogP) is 4.90. The predicted molar refractivity (Wildman–Crippen MR) is 104 cm³/mol. The van der Waals surface area contributed by atoms with Crippen molar-refractivity contribution in [1.29, 1.82) is 0 Å². The van der Waals surface area contributed by atoms with Gasteiger partial charge in [-0.2, -0.15) is 13.2 Å². The number of piperazine rings is 1. The molecule has 0 saturated carbocycles. The molecule has 3 nitrogen and oxygen atoms in total. The summed E-state index contributed by atoms with van der Waals surface area (Å²) in [6.07, 6.45) is -4.50. The van der Waals surface area contributed by atoms with Gasteiger partial charge in [-0.3, -0.25) is 9.88 Å². The van der Waals surface area contributed by atoms with Crippen molar-refractivity contribution in [2.24, 2.45) is 0 Å². The summed E-state index contributed by atoms with van der Waals surface area (Å²) in [4.78, 5) is 6.93. The average molecular weight is 406 g/mol. The molecule has 1 unspecified atom stereocenters. The van der Waals surface area contributed by atoms with Crippen LogP contribution in [-0.2, 0) is 6.18 Å². The quantitative estimate of drug-likeness (QED) is 0.671. The molecule has 146 valence electrons. The van der Waals surface area contributed by atoms with Gasteiger partial charge in [-0.1, -0.05) is 41.9 Å². The maximum atomic E-state index is 13.4. The molecule has 4 rings (SSSR count). The highest BCUT2D eigenvalue weighted by molar-refractivity contribution is 6.31. The van der Waals surface area contributed by atoms with Crippen LogP contribution in [0.4, 0.5) is 13.2 Å². The van der Waals surface area contributed by atoms with Crippen molar-refractivity contribution < 1.29 is 13.2 Å². The van der Waals surface area contributed by atoms with E-state index in [-0.39, 0.29) is 11.1 Å². The van der Waals surface area contributed by atoms with E-state index in [9.17, 15) is 13.2 Å². The molecular formula is C21H19ClF3N3. The third-order valence-electron chi connectivity index (χ3n) is 5.03. The minimum atomic E-state index is -4.50. The summed E-state index contributed by atoms with van der Waals surface area (Å²) in [5.41, 5.74) is 1.29. The molecule has 2 aromatic carbocycles. The van der Waals surface area contributed by atoms with Gasteiger partial charge in [0, 0.05) is 31.6 Å². The van der Waals surface area contributed by atoms with Gasteiger partial charge in [-0.15, -0.1) is 0 Å². The summed E-state index contributed by atoms with van der Waals surface area (Å²) in [5, 5.41) is 3.99. The number of hydrogen-bond acceptors (Lipinski definition) is 3. The third kappa shape index (κ3) is 3.85. The van der Waals surface area contributed by atoms with E-state index in [0.29, 0.717) is 5.56 Å². The Balaban J connectivity index is 1.83. The number of nitrogens with one attached hydrogen (secondary N) is 1. The van der Waals surface area contributed by atoms with E-state index in [2.05, 4.69) is 10.2 Å². The standard InChI is InChI=1S/C21H19ClF3N3/c22-17-7-5-15(13-16(17)21(23,24)25)20(28-11-9-26-10-12-28)19-8-6-14-3-1-2-4-18(14)27-19/h1-8,13,20,26H,9-12H2. The molecule has 1 aliphatic heterocycles. The number of rotatable bonds is 3. The van der Waals surface area contributed by atoms with Crippen LogP contribution in [0.2, 0.25) is 5.02 Å². The molecule has 28 heavy (non-hydrogen) atoms. The Kier molecular flexibility index (Phi) is 5.27. The van der Waals surface area contributed by atoms with Gasteiger partial charge in [-0.25, -0.2) is 0 Å². The lowest BCUT2D eigenvalue weighted by Crippen LogP contribution is -2.45. The highest BCUT2D eigenvalue weighted by atomic mass is 35.5. The van der Waals surface area contributed by atoms with Crippen LogP contribution in [0.3, 0.4) is 0 Å². The lowest BCUT2D eigenvalue weighted by molar-refractivity contribution is -0.137. The minimum absolute atomic E-state index is 0.290. The van der Waals surface area contributed by atoms with Crippen LogP contribution in [0, 0.1) is 0 Å². The van der Waals surface area contributed by atoms with Gasteiger partial charge in [0.1, 0.15) is 0 Å². The number of benzene rings is 2. The Hall–Kier alpha value is -2.15. The molecule has 2 heterocycles. The summed E-state index contributed by atoms with van der Waals surface area (Å²) in [7, 11) is 0. The second-order valence-electron chi connectivity index (χ2n) is 6.85. The molecule has 1 saturated heterocycles. The Morgan fingerprint density at radius 3 is 2.50 bits per heavy atom. The van der Waals surface area contributed by atoms with Crippen LogP contribution in [0.5, 0.6) is 0 Å². The number of nitrogens with zero attached hydrogens (tertiary/aromatic N) is 2. The summed E-state index contributed by atoms with van der Waals surface area (Å²) < 4.78 is 40.3. The van der Waals surface area contributed by atoms with E-state index in [0.717, 1.165) is 48.8 Å². The zero-order valence-electron chi connectivity index (χ0n) is 15.0. The molecule has 0 bridgehead atoms. The van der Waals surface area contributed by atoms with Crippen molar-refractivity contribution in [3.63, 3.8) is 0 Å². The molecule has 1 aromatic heterocycles. The van der Waals surface area contributed by atoms with Crippen molar-refractivity contribution in [3.05, 3.63) is 76.4 Å². The highest BCUT2D eigenvalue weighted by Crippen LogP contribution is 2.38. The van der Waals surface area contributed by atoms with Crippen LogP contribution < -0.4 is 5.32 Å². The molecule has 7 heteroatoms. The molecule has 0 amide bonds. The van der Waals surface area contributed by atoms with E-state index in [1.54, 1.807) is 6.07 Å². The molecule has 1 aliphatic rings. The second-order valence-corrected chi connectivity index (χ2v) is 7.26. The molecule has 0 spiro atoms. The summed E-state index contributed by atoms with van der Waals surface area (Å²) in [6, 6.07) is 15.4. The zero-order valence-corrected chi connectivity index (χ0v) is 15.8. The van der Waals surface area contributed by atoms with Gasteiger partial charge < -0.3 is 5.32 Å². The number of pyridine rings is 1. The minimum Gasteiger partial charge on any atom is -0.314 e. The zero-order chi connectivity index (χ0) is 19.7. The highest BCUT2D eigenvalue weighted by Gasteiger charge is 2.35. The first-order valence-corrected chi connectivity index (χ1v) is 9.48. The lowest BCUT2D eigenvalue weighted by atomic mass is 9.97. The largest absolute Gasteiger partial charge is 0.417 e. The number of para-hydroxylation sites is 1. The molecule has 1 fully saturated rings. The molecule has 3 aromatic rings. The molecule has 0 aliphatic carbocycles. The van der Waals surface area contributed by atoms with Crippen LogP contribution >= 0.6 is 11.6 Å². The Labute approximate surface area is 166 Å².